The number of carbonyl (C=O) groups is 2. The predicted molar refractivity (Wildman–Crippen MR) is 109 cm³/mol. The van der Waals surface area contributed by atoms with E-state index in [1.807, 2.05) is 6.07 Å². The summed E-state index contributed by atoms with van der Waals surface area (Å²) in [6.07, 6.45) is 2.26. The highest BCUT2D eigenvalue weighted by atomic mass is 16.4. The van der Waals surface area contributed by atoms with Gasteiger partial charge in [-0.3, -0.25) is 9.59 Å². The molecule has 9 heteroatoms. The average Bonchev–Trinajstić information content (AvgIpc) is 2.73. The van der Waals surface area contributed by atoms with Crippen LogP contribution in [0.3, 0.4) is 0 Å². The molecule has 29 heavy (non-hydrogen) atoms. The first-order chi connectivity index (χ1) is 13.9. The fourth-order valence-corrected chi connectivity index (χ4v) is 4.15. The van der Waals surface area contributed by atoms with Crippen LogP contribution in [0, 0.1) is 11.8 Å². The minimum atomic E-state index is -0.752. The lowest BCUT2D eigenvalue weighted by atomic mass is 9.96. The number of aliphatic carboxylic acids is 2. The van der Waals surface area contributed by atoms with Crippen molar-refractivity contribution in [1.29, 1.82) is 0 Å². The SMILES string of the molecule is Nc1ccc2nc(N3CCC(C(=O)O)CC3)c(N3CCC(C(=O)O)CC3)nc2c1. The standard InChI is InChI=1S/C20H25N5O4/c21-14-1-2-15-16(11-14)23-18(25-9-5-13(6-10-25)20(28)29)17(22-15)24-7-3-12(4-8-24)19(26)27/h1-2,11-13H,3-10,21H2,(H,26,27)(H,28,29). The predicted octanol–water partition coefficient (Wildman–Crippen LogP) is 1.81. The van der Waals surface area contributed by atoms with Crippen molar-refractivity contribution in [1.82, 2.24) is 9.97 Å². The molecule has 0 aliphatic carbocycles. The van der Waals surface area contributed by atoms with Crippen LogP contribution >= 0.6 is 0 Å². The number of nitrogen functional groups attached to an aromatic ring is 1. The number of nitrogens with two attached hydrogens (primary N) is 1. The summed E-state index contributed by atoms with van der Waals surface area (Å²) < 4.78 is 0. The third-order valence-electron chi connectivity index (χ3n) is 5.94. The number of aromatic nitrogens is 2. The normalized spacial score (nSPS) is 18.9. The van der Waals surface area contributed by atoms with E-state index >= 15 is 0 Å². The molecule has 4 N–H and O–H groups in total. The topological polar surface area (TPSA) is 133 Å². The fraction of sp³-hybridized carbons (Fsp3) is 0.500. The fourth-order valence-electron chi connectivity index (χ4n) is 4.15. The van der Waals surface area contributed by atoms with E-state index in [4.69, 9.17) is 15.7 Å². The zero-order valence-electron chi connectivity index (χ0n) is 16.1. The number of piperidine rings is 2. The minimum Gasteiger partial charge on any atom is -0.481 e. The first-order valence-corrected chi connectivity index (χ1v) is 9.95. The molecule has 4 rings (SSSR count). The Kier molecular flexibility index (Phi) is 5.12. The Morgan fingerprint density at radius 3 is 1.72 bits per heavy atom. The lowest BCUT2D eigenvalue weighted by Crippen LogP contribution is -2.40. The van der Waals surface area contributed by atoms with Crippen molar-refractivity contribution in [2.75, 3.05) is 41.7 Å². The number of benzene rings is 1. The zero-order valence-corrected chi connectivity index (χ0v) is 16.1. The number of carboxylic acid groups (broad SMARTS) is 2. The largest absolute Gasteiger partial charge is 0.481 e. The molecule has 0 saturated carbocycles. The van der Waals surface area contributed by atoms with E-state index in [1.165, 1.54) is 0 Å². The number of carboxylic acids is 2. The molecule has 3 heterocycles. The number of anilines is 3. The van der Waals surface area contributed by atoms with Crippen LogP contribution in [0.4, 0.5) is 17.3 Å². The van der Waals surface area contributed by atoms with E-state index < -0.39 is 11.9 Å². The smallest absolute Gasteiger partial charge is 0.306 e. The monoisotopic (exact) mass is 399 g/mol. The summed E-state index contributed by atoms with van der Waals surface area (Å²) in [4.78, 5) is 36.5. The molecular weight excluding hydrogens is 374 g/mol. The second-order valence-corrected chi connectivity index (χ2v) is 7.82. The number of fused-ring (bicyclic) bond motifs is 1. The summed E-state index contributed by atoms with van der Waals surface area (Å²) in [6.45, 7) is 2.39. The van der Waals surface area contributed by atoms with Gasteiger partial charge in [-0.15, -0.1) is 0 Å². The van der Waals surface area contributed by atoms with Crippen LogP contribution in [0.5, 0.6) is 0 Å². The lowest BCUT2D eigenvalue weighted by molar-refractivity contribution is -0.143. The molecule has 9 nitrogen and oxygen atoms in total. The van der Waals surface area contributed by atoms with Gasteiger partial charge in [-0.1, -0.05) is 0 Å². The van der Waals surface area contributed by atoms with Gasteiger partial charge in [0.25, 0.3) is 0 Å². The van der Waals surface area contributed by atoms with Crippen LogP contribution in [0.2, 0.25) is 0 Å². The molecule has 154 valence electrons. The van der Waals surface area contributed by atoms with E-state index in [0.29, 0.717) is 63.1 Å². The van der Waals surface area contributed by atoms with Crippen LogP contribution in [-0.4, -0.2) is 58.3 Å². The van der Waals surface area contributed by atoms with Crippen molar-refractivity contribution >= 4 is 40.3 Å². The summed E-state index contributed by atoms with van der Waals surface area (Å²) >= 11 is 0. The minimum absolute atomic E-state index is 0.325. The van der Waals surface area contributed by atoms with Gasteiger partial charge in [0.2, 0.25) is 0 Å². The Hall–Kier alpha value is -3.10. The molecule has 0 amide bonds. The van der Waals surface area contributed by atoms with Crippen molar-refractivity contribution < 1.29 is 19.8 Å². The van der Waals surface area contributed by atoms with E-state index in [0.717, 1.165) is 17.2 Å². The summed E-state index contributed by atoms with van der Waals surface area (Å²) in [6, 6.07) is 5.41. The number of hydrogen-bond donors (Lipinski definition) is 3. The molecule has 1 aromatic heterocycles. The van der Waals surface area contributed by atoms with Crippen molar-refractivity contribution in [3.05, 3.63) is 18.2 Å². The first-order valence-electron chi connectivity index (χ1n) is 9.95. The van der Waals surface area contributed by atoms with Crippen LogP contribution in [0.15, 0.2) is 18.2 Å². The second kappa shape index (κ2) is 7.73. The van der Waals surface area contributed by atoms with Crippen LogP contribution in [0.25, 0.3) is 11.0 Å². The Balaban J connectivity index is 1.67. The molecule has 0 unspecified atom stereocenters. The Morgan fingerprint density at radius 2 is 1.28 bits per heavy atom. The van der Waals surface area contributed by atoms with Gasteiger partial charge in [-0.2, -0.15) is 0 Å². The van der Waals surface area contributed by atoms with Crippen LogP contribution in [-0.2, 0) is 9.59 Å². The molecule has 2 saturated heterocycles. The van der Waals surface area contributed by atoms with Crippen molar-refractivity contribution in [2.45, 2.75) is 25.7 Å². The van der Waals surface area contributed by atoms with Gasteiger partial charge in [-0.25, -0.2) is 9.97 Å². The van der Waals surface area contributed by atoms with E-state index in [9.17, 15) is 19.8 Å². The van der Waals surface area contributed by atoms with Crippen molar-refractivity contribution in [3.63, 3.8) is 0 Å². The maximum atomic E-state index is 11.3. The van der Waals surface area contributed by atoms with Gasteiger partial charge < -0.3 is 25.7 Å². The molecule has 0 radical (unpaired) electrons. The Labute approximate surface area is 168 Å². The highest BCUT2D eigenvalue weighted by Gasteiger charge is 2.31. The van der Waals surface area contributed by atoms with Gasteiger partial charge in [-0.05, 0) is 43.9 Å². The Morgan fingerprint density at radius 1 is 0.828 bits per heavy atom. The molecule has 0 bridgehead atoms. The van der Waals surface area contributed by atoms with Gasteiger partial charge in [0.05, 0.1) is 22.9 Å². The summed E-state index contributed by atoms with van der Waals surface area (Å²) in [5.41, 5.74) is 7.96. The highest BCUT2D eigenvalue weighted by Crippen LogP contribution is 2.34. The molecular formula is C20H25N5O4. The molecule has 0 spiro atoms. The maximum Gasteiger partial charge on any atom is 0.306 e. The lowest BCUT2D eigenvalue weighted by Gasteiger charge is -2.36. The molecule has 0 atom stereocenters. The number of rotatable bonds is 4. The molecule has 2 aromatic rings. The average molecular weight is 399 g/mol. The summed E-state index contributed by atoms with van der Waals surface area (Å²) in [5, 5.41) is 18.6. The zero-order chi connectivity index (χ0) is 20.5. The van der Waals surface area contributed by atoms with Gasteiger partial charge >= 0.3 is 11.9 Å². The van der Waals surface area contributed by atoms with Gasteiger partial charge in [0.15, 0.2) is 11.6 Å². The van der Waals surface area contributed by atoms with Crippen LogP contribution < -0.4 is 15.5 Å². The number of hydrogen-bond acceptors (Lipinski definition) is 7. The van der Waals surface area contributed by atoms with Crippen LogP contribution in [0.1, 0.15) is 25.7 Å². The molecule has 2 aliphatic rings. The van der Waals surface area contributed by atoms with Crippen molar-refractivity contribution in [2.24, 2.45) is 11.8 Å². The third kappa shape index (κ3) is 3.90. The highest BCUT2D eigenvalue weighted by molar-refractivity contribution is 5.83. The second-order valence-electron chi connectivity index (χ2n) is 7.82. The first kappa shape index (κ1) is 19.2. The number of nitrogens with zero attached hydrogens (tertiary/aromatic N) is 4. The van der Waals surface area contributed by atoms with E-state index in [-0.39, 0.29) is 11.8 Å². The summed E-state index contributed by atoms with van der Waals surface area (Å²) in [7, 11) is 0. The molecule has 1 aromatic carbocycles. The van der Waals surface area contributed by atoms with E-state index in [2.05, 4.69) is 9.80 Å². The molecule has 2 aliphatic heterocycles. The van der Waals surface area contributed by atoms with Gasteiger partial charge in [0.1, 0.15) is 0 Å². The Bertz CT molecular complexity index is 934. The quantitative estimate of drug-likeness (QED) is 0.658. The van der Waals surface area contributed by atoms with E-state index in [1.54, 1.807) is 12.1 Å². The van der Waals surface area contributed by atoms with Gasteiger partial charge in [0, 0.05) is 31.9 Å². The third-order valence-corrected chi connectivity index (χ3v) is 5.94. The molecule has 2 fully saturated rings. The van der Waals surface area contributed by atoms with Crippen molar-refractivity contribution in [3.8, 4) is 0 Å². The summed E-state index contributed by atoms with van der Waals surface area (Å²) in [5.74, 6) is -0.696. The maximum absolute atomic E-state index is 11.3.